The molecular weight excluding hydrogens is 474 g/mol. The number of primary amides is 1. The fourth-order valence-corrected chi connectivity index (χ4v) is 5.63. The van der Waals surface area contributed by atoms with Gasteiger partial charge in [-0.25, -0.2) is 4.98 Å². The summed E-state index contributed by atoms with van der Waals surface area (Å²) in [6.45, 7) is 5.79. The summed E-state index contributed by atoms with van der Waals surface area (Å²) in [4.78, 5) is 33.0. The number of amides is 2. The van der Waals surface area contributed by atoms with E-state index in [-0.39, 0.29) is 29.3 Å². The van der Waals surface area contributed by atoms with Crippen LogP contribution < -0.4 is 10.5 Å². The Balaban J connectivity index is 1.40. The Morgan fingerprint density at radius 3 is 2.78 bits per heavy atom. The lowest BCUT2D eigenvalue weighted by Crippen LogP contribution is -2.40. The van der Waals surface area contributed by atoms with Crippen LogP contribution in [0, 0.1) is 17.2 Å². The van der Waals surface area contributed by atoms with E-state index >= 15 is 0 Å². The van der Waals surface area contributed by atoms with Crippen molar-refractivity contribution in [2.75, 3.05) is 32.8 Å². The van der Waals surface area contributed by atoms with Crippen molar-refractivity contribution in [3.05, 3.63) is 51.5 Å². The number of fused-ring (bicyclic) bond motifs is 1. The predicted molar refractivity (Wildman–Crippen MR) is 139 cm³/mol. The Kier molecular flexibility index (Phi) is 8.73. The highest BCUT2D eigenvalue weighted by Gasteiger charge is 2.32. The van der Waals surface area contributed by atoms with E-state index in [1.54, 1.807) is 12.3 Å². The fourth-order valence-electron chi connectivity index (χ4n) is 5.07. The third-order valence-electron chi connectivity index (χ3n) is 7.03. The minimum absolute atomic E-state index is 0.00239. The van der Waals surface area contributed by atoms with Crippen molar-refractivity contribution in [2.45, 2.75) is 45.1 Å². The molecule has 36 heavy (non-hydrogen) atoms. The number of ether oxygens (including phenoxy) is 1. The van der Waals surface area contributed by atoms with Gasteiger partial charge in [0.25, 0.3) is 5.91 Å². The van der Waals surface area contributed by atoms with Crippen LogP contribution in [0.4, 0.5) is 0 Å². The zero-order valence-corrected chi connectivity index (χ0v) is 21.5. The van der Waals surface area contributed by atoms with E-state index in [9.17, 15) is 14.9 Å². The van der Waals surface area contributed by atoms with Gasteiger partial charge in [-0.3, -0.25) is 14.5 Å². The van der Waals surface area contributed by atoms with E-state index in [4.69, 9.17) is 10.5 Å². The molecule has 2 aliphatic rings. The van der Waals surface area contributed by atoms with E-state index < -0.39 is 0 Å². The van der Waals surface area contributed by atoms with E-state index in [2.05, 4.69) is 35.0 Å². The average molecular weight is 508 g/mol. The van der Waals surface area contributed by atoms with E-state index in [0.29, 0.717) is 18.2 Å². The molecule has 1 fully saturated rings. The molecule has 1 saturated heterocycles. The number of thiazole rings is 1. The van der Waals surface area contributed by atoms with Crippen molar-refractivity contribution in [1.29, 1.82) is 5.26 Å². The van der Waals surface area contributed by atoms with Crippen molar-refractivity contribution in [1.82, 2.24) is 14.8 Å². The maximum Gasteiger partial charge on any atom is 0.265 e. The van der Waals surface area contributed by atoms with Gasteiger partial charge in [-0.1, -0.05) is 19.4 Å². The molecule has 1 aromatic carbocycles. The van der Waals surface area contributed by atoms with Gasteiger partial charge in [-0.2, -0.15) is 5.26 Å². The number of hydrogen-bond acceptors (Lipinski definition) is 7. The molecule has 0 radical (unpaired) electrons. The molecule has 9 heteroatoms. The average Bonchev–Trinajstić information content (AvgIpc) is 3.41. The van der Waals surface area contributed by atoms with Crippen molar-refractivity contribution < 1.29 is 14.3 Å². The molecule has 1 atom stereocenters. The van der Waals surface area contributed by atoms with Gasteiger partial charge in [0.2, 0.25) is 5.91 Å². The van der Waals surface area contributed by atoms with E-state index in [0.717, 1.165) is 63.1 Å². The van der Waals surface area contributed by atoms with Crippen molar-refractivity contribution in [3.8, 4) is 11.8 Å². The van der Waals surface area contributed by atoms with Crippen LogP contribution in [0.15, 0.2) is 35.3 Å². The van der Waals surface area contributed by atoms with Crippen LogP contribution in [0.25, 0.3) is 6.08 Å². The van der Waals surface area contributed by atoms with E-state index in [1.807, 2.05) is 16.3 Å². The van der Waals surface area contributed by atoms with Gasteiger partial charge >= 0.3 is 0 Å². The minimum Gasteiger partial charge on any atom is -0.492 e. The smallest absolute Gasteiger partial charge is 0.265 e. The standard InChI is InChI=1S/C27H33N5O3S/c1-2-3-24-23-5-4-22(35-14-13-31-10-6-19(7-11-31)26(29)33)16-20(23)8-12-32(24)27(34)21(18-28)17-25-30-9-15-36-25/h4-5,9,15-17,19,24H,2-3,6-8,10-14H2,1H3,(H2,29,33). The zero-order valence-electron chi connectivity index (χ0n) is 20.7. The molecule has 2 aliphatic heterocycles. The molecule has 0 bridgehead atoms. The summed E-state index contributed by atoms with van der Waals surface area (Å²) in [5.41, 5.74) is 7.87. The first-order chi connectivity index (χ1) is 17.5. The first-order valence-corrected chi connectivity index (χ1v) is 13.5. The molecule has 2 amide bonds. The molecule has 3 heterocycles. The summed E-state index contributed by atoms with van der Waals surface area (Å²) in [7, 11) is 0. The molecule has 8 nitrogen and oxygen atoms in total. The second-order valence-corrected chi connectivity index (χ2v) is 10.2. The van der Waals surface area contributed by atoms with Crippen LogP contribution in [-0.2, 0) is 16.0 Å². The number of hydrogen-bond donors (Lipinski definition) is 1. The maximum atomic E-state index is 13.3. The van der Waals surface area contributed by atoms with Gasteiger partial charge < -0.3 is 15.4 Å². The highest BCUT2D eigenvalue weighted by molar-refractivity contribution is 7.10. The summed E-state index contributed by atoms with van der Waals surface area (Å²) in [5.74, 6) is 0.396. The second-order valence-electron chi connectivity index (χ2n) is 9.32. The Bertz CT molecular complexity index is 1130. The number of rotatable bonds is 9. The number of carbonyl (C=O) groups is 2. The van der Waals surface area contributed by atoms with Gasteiger partial charge in [-0.05, 0) is 68.1 Å². The van der Waals surface area contributed by atoms with Crippen LogP contribution in [0.3, 0.4) is 0 Å². The first kappa shape index (κ1) is 25.9. The van der Waals surface area contributed by atoms with Gasteiger partial charge in [0, 0.05) is 30.6 Å². The third-order valence-corrected chi connectivity index (χ3v) is 7.75. The number of likely N-dealkylation sites (tertiary alicyclic amines) is 1. The molecule has 0 aliphatic carbocycles. The summed E-state index contributed by atoms with van der Waals surface area (Å²) in [5, 5.41) is 12.1. The number of nitrogens with two attached hydrogens (primary N) is 1. The van der Waals surface area contributed by atoms with Crippen LogP contribution in [0.2, 0.25) is 0 Å². The van der Waals surface area contributed by atoms with Crippen molar-refractivity contribution in [2.24, 2.45) is 11.7 Å². The number of benzene rings is 1. The summed E-state index contributed by atoms with van der Waals surface area (Å²) < 4.78 is 6.06. The van der Waals surface area contributed by atoms with Crippen LogP contribution in [-0.4, -0.2) is 59.4 Å². The number of carbonyl (C=O) groups excluding carboxylic acids is 2. The number of nitrogens with zero attached hydrogens (tertiary/aromatic N) is 4. The Morgan fingerprint density at radius 1 is 1.31 bits per heavy atom. The highest BCUT2D eigenvalue weighted by atomic mass is 32.1. The Morgan fingerprint density at radius 2 is 2.11 bits per heavy atom. The number of aromatic nitrogens is 1. The van der Waals surface area contributed by atoms with Crippen LogP contribution in [0.5, 0.6) is 5.75 Å². The minimum atomic E-state index is -0.239. The monoisotopic (exact) mass is 507 g/mol. The molecule has 2 aromatic rings. The largest absolute Gasteiger partial charge is 0.492 e. The van der Waals surface area contributed by atoms with E-state index in [1.165, 1.54) is 16.9 Å². The third kappa shape index (κ3) is 6.12. The van der Waals surface area contributed by atoms with Crippen molar-refractivity contribution in [3.63, 3.8) is 0 Å². The predicted octanol–water partition coefficient (Wildman–Crippen LogP) is 3.55. The van der Waals surface area contributed by atoms with Gasteiger partial charge in [0.05, 0.1) is 6.04 Å². The van der Waals surface area contributed by atoms with Gasteiger partial charge in [-0.15, -0.1) is 11.3 Å². The first-order valence-electron chi connectivity index (χ1n) is 12.6. The quantitative estimate of drug-likeness (QED) is 0.410. The van der Waals surface area contributed by atoms with Crippen LogP contribution >= 0.6 is 11.3 Å². The molecule has 2 N–H and O–H groups in total. The number of piperidine rings is 1. The maximum absolute atomic E-state index is 13.3. The normalized spacial score (nSPS) is 18.9. The SMILES string of the molecule is CCCC1c2ccc(OCCN3CCC(C(N)=O)CC3)cc2CCN1C(=O)C(C#N)=Cc1nccs1. The molecule has 0 spiro atoms. The van der Waals surface area contributed by atoms with Gasteiger partial charge in [0.15, 0.2) is 0 Å². The molecule has 4 rings (SSSR count). The fraction of sp³-hybridized carbons (Fsp3) is 0.481. The lowest BCUT2D eigenvalue weighted by molar-refractivity contribution is -0.129. The Hall–Kier alpha value is -3.22. The summed E-state index contributed by atoms with van der Waals surface area (Å²) in [6.07, 6.45) is 7.35. The zero-order chi connectivity index (χ0) is 25.5. The van der Waals surface area contributed by atoms with Gasteiger partial charge in [0.1, 0.15) is 29.0 Å². The highest BCUT2D eigenvalue weighted by Crippen LogP contribution is 2.36. The van der Waals surface area contributed by atoms with Crippen LogP contribution in [0.1, 0.15) is 54.8 Å². The molecule has 0 saturated carbocycles. The second kappa shape index (κ2) is 12.2. The lowest BCUT2D eigenvalue weighted by Gasteiger charge is -2.37. The molecule has 1 unspecified atom stereocenters. The summed E-state index contributed by atoms with van der Waals surface area (Å²) in [6, 6.07) is 8.15. The van der Waals surface area contributed by atoms with Crippen molar-refractivity contribution >= 4 is 29.2 Å². The number of nitriles is 1. The topological polar surface area (TPSA) is 113 Å². The Labute approximate surface area is 216 Å². The molecular formula is C27H33N5O3S. The molecule has 1 aromatic heterocycles. The lowest BCUT2D eigenvalue weighted by atomic mass is 9.89. The summed E-state index contributed by atoms with van der Waals surface area (Å²) >= 11 is 1.40. The molecule has 190 valence electrons.